The Labute approximate surface area is 76.8 Å². The fourth-order valence-corrected chi connectivity index (χ4v) is 1.81. The van der Waals surface area contributed by atoms with Crippen molar-refractivity contribution in [1.82, 2.24) is 9.80 Å². The molecule has 0 atom stereocenters. The van der Waals surface area contributed by atoms with E-state index in [1.165, 1.54) is 17.1 Å². The summed E-state index contributed by atoms with van der Waals surface area (Å²) in [5.74, 6) is 0.136. The van der Waals surface area contributed by atoms with Gasteiger partial charge in [-0.2, -0.15) is 0 Å². The third kappa shape index (κ3) is 1.49. The number of nitrogens with zero attached hydrogens (tertiary/aromatic N) is 2. The second kappa shape index (κ2) is 2.96. The van der Waals surface area contributed by atoms with Crippen LogP contribution in [0.5, 0.6) is 0 Å². The van der Waals surface area contributed by atoms with Gasteiger partial charge in [0.25, 0.3) is 11.8 Å². The average Bonchev–Trinajstić information content (AvgIpc) is 2.32. The second-order valence-corrected chi connectivity index (χ2v) is 3.71. The molecule has 70 valence electrons. The molecule has 4 nitrogen and oxygen atoms in total. The lowest BCUT2D eigenvalue weighted by Crippen LogP contribution is -2.50. The zero-order valence-electron chi connectivity index (χ0n) is 7.56. The van der Waals surface area contributed by atoms with Gasteiger partial charge in [0, 0.05) is 37.7 Å². The predicted molar refractivity (Wildman–Crippen MR) is 46.8 cm³/mol. The molecule has 2 rings (SSSR count). The van der Waals surface area contributed by atoms with E-state index in [1.807, 2.05) is 7.05 Å². The van der Waals surface area contributed by atoms with E-state index in [1.54, 1.807) is 0 Å². The van der Waals surface area contributed by atoms with Gasteiger partial charge in [0.15, 0.2) is 0 Å². The minimum absolute atomic E-state index is 0.167. The minimum Gasteiger partial charge on any atom is -0.306 e. The van der Waals surface area contributed by atoms with E-state index in [9.17, 15) is 9.59 Å². The topological polar surface area (TPSA) is 40.6 Å². The molecule has 0 aliphatic carbocycles. The molecule has 0 unspecified atom stereocenters. The number of likely N-dealkylation sites (tertiary alicyclic amines) is 1. The number of carbonyl (C=O) groups excluding carboxylic acids is 2. The number of rotatable bonds is 2. The summed E-state index contributed by atoms with van der Waals surface area (Å²) in [6.07, 6.45) is 2.68. The van der Waals surface area contributed by atoms with Gasteiger partial charge in [0.05, 0.1) is 0 Å². The lowest BCUT2D eigenvalue weighted by atomic mass is 10.0. The Kier molecular flexibility index (Phi) is 1.92. The van der Waals surface area contributed by atoms with Gasteiger partial charge < -0.3 is 4.90 Å². The highest BCUT2D eigenvalue weighted by Gasteiger charge is 2.31. The van der Waals surface area contributed by atoms with Crippen molar-refractivity contribution in [1.29, 1.82) is 0 Å². The van der Waals surface area contributed by atoms with Gasteiger partial charge in [-0.25, -0.2) is 0 Å². The van der Waals surface area contributed by atoms with Crippen LogP contribution in [0.15, 0.2) is 12.2 Å². The quantitative estimate of drug-likeness (QED) is 0.536. The summed E-state index contributed by atoms with van der Waals surface area (Å²) in [7, 11) is 2.03. The van der Waals surface area contributed by atoms with Crippen LogP contribution in [0, 0.1) is 5.92 Å². The summed E-state index contributed by atoms with van der Waals surface area (Å²) in [6.45, 7) is 2.54. The summed E-state index contributed by atoms with van der Waals surface area (Å²) in [4.78, 5) is 25.8. The maximum atomic E-state index is 11.1. The fourth-order valence-electron chi connectivity index (χ4n) is 1.81. The van der Waals surface area contributed by atoms with Gasteiger partial charge in [-0.3, -0.25) is 14.5 Å². The van der Waals surface area contributed by atoms with Gasteiger partial charge in [-0.1, -0.05) is 0 Å². The van der Waals surface area contributed by atoms with Crippen LogP contribution in [0.2, 0.25) is 0 Å². The van der Waals surface area contributed by atoms with Crippen molar-refractivity contribution in [3.05, 3.63) is 12.2 Å². The first-order valence-electron chi connectivity index (χ1n) is 4.39. The Bertz CT molecular complexity index is 261. The van der Waals surface area contributed by atoms with Crippen LogP contribution in [0.3, 0.4) is 0 Å². The van der Waals surface area contributed by atoms with E-state index in [2.05, 4.69) is 4.90 Å². The molecule has 1 saturated heterocycles. The molecule has 0 aromatic carbocycles. The lowest BCUT2D eigenvalue weighted by Gasteiger charge is -2.37. The molecule has 0 saturated carbocycles. The molecule has 13 heavy (non-hydrogen) atoms. The van der Waals surface area contributed by atoms with Crippen LogP contribution >= 0.6 is 0 Å². The Morgan fingerprint density at radius 1 is 1.31 bits per heavy atom. The first kappa shape index (κ1) is 8.44. The van der Waals surface area contributed by atoms with Gasteiger partial charge in [0.2, 0.25) is 0 Å². The third-order valence-electron chi connectivity index (χ3n) is 2.48. The molecular weight excluding hydrogens is 168 g/mol. The van der Waals surface area contributed by atoms with Crippen LogP contribution in [-0.2, 0) is 9.59 Å². The zero-order valence-corrected chi connectivity index (χ0v) is 7.56. The van der Waals surface area contributed by atoms with Gasteiger partial charge in [-0.15, -0.1) is 0 Å². The standard InChI is InChI=1S/C9H12N2O2/c1-10-4-7(5-10)6-11-8(12)2-3-9(11)13/h2-3,7H,4-6H2,1H3. The molecule has 1 fully saturated rings. The number of amides is 2. The zero-order chi connectivity index (χ0) is 9.42. The molecule has 2 aliphatic heterocycles. The van der Waals surface area contributed by atoms with Crippen molar-refractivity contribution in [2.45, 2.75) is 0 Å². The maximum Gasteiger partial charge on any atom is 0.253 e. The van der Waals surface area contributed by atoms with E-state index in [0.29, 0.717) is 12.5 Å². The smallest absolute Gasteiger partial charge is 0.253 e. The van der Waals surface area contributed by atoms with Crippen LogP contribution in [0.4, 0.5) is 0 Å². The van der Waals surface area contributed by atoms with E-state index < -0.39 is 0 Å². The highest BCUT2D eigenvalue weighted by molar-refractivity contribution is 6.12. The first-order valence-corrected chi connectivity index (χ1v) is 4.39. The summed E-state index contributed by atoms with van der Waals surface area (Å²) in [5.41, 5.74) is 0. The van der Waals surface area contributed by atoms with Crippen molar-refractivity contribution in [3.63, 3.8) is 0 Å². The molecule has 0 N–H and O–H groups in total. The van der Waals surface area contributed by atoms with Gasteiger partial charge in [0.1, 0.15) is 0 Å². The van der Waals surface area contributed by atoms with Crippen molar-refractivity contribution in [2.24, 2.45) is 5.92 Å². The Morgan fingerprint density at radius 3 is 2.31 bits per heavy atom. The molecule has 2 heterocycles. The summed E-state index contributed by atoms with van der Waals surface area (Å²) in [6, 6.07) is 0. The number of imide groups is 1. The molecule has 2 aliphatic rings. The highest BCUT2D eigenvalue weighted by atomic mass is 16.2. The summed E-state index contributed by atoms with van der Waals surface area (Å²) in [5, 5.41) is 0. The molecule has 0 bridgehead atoms. The number of hydrogen-bond acceptors (Lipinski definition) is 3. The van der Waals surface area contributed by atoms with Crippen molar-refractivity contribution < 1.29 is 9.59 Å². The molecule has 2 amide bonds. The Morgan fingerprint density at radius 2 is 1.85 bits per heavy atom. The highest BCUT2D eigenvalue weighted by Crippen LogP contribution is 2.16. The SMILES string of the molecule is CN1CC(CN2C(=O)C=CC2=O)C1. The summed E-state index contributed by atoms with van der Waals surface area (Å²) >= 11 is 0. The van der Waals surface area contributed by atoms with Crippen molar-refractivity contribution in [3.8, 4) is 0 Å². The number of hydrogen-bond donors (Lipinski definition) is 0. The normalized spacial score (nSPS) is 24.2. The van der Waals surface area contributed by atoms with Crippen LogP contribution < -0.4 is 0 Å². The van der Waals surface area contributed by atoms with Gasteiger partial charge >= 0.3 is 0 Å². The minimum atomic E-state index is -0.167. The third-order valence-corrected chi connectivity index (χ3v) is 2.48. The van der Waals surface area contributed by atoms with Crippen molar-refractivity contribution in [2.75, 3.05) is 26.7 Å². The molecule has 0 radical (unpaired) electrons. The fraction of sp³-hybridized carbons (Fsp3) is 0.556. The average molecular weight is 180 g/mol. The van der Waals surface area contributed by atoms with Crippen LogP contribution in [0.25, 0.3) is 0 Å². The largest absolute Gasteiger partial charge is 0.306 e. The van der Waals surface area contributed by atoms with E-state index in [-0.39, 0.29) is 11.8 Å². The molecule has 0 aromatic heterocycles. The molecule has 0 spiro atoms. The Balaban J connectivity index is 1.88. The maximum absolute atomic E-state index is 11.1. The molecular formula is C9H12N2O2. The summed E-state index contributed by atoms with van der Waals surface area (Å²) < 4.78 is 0. The van der Waals surface area contributed by atoms with Crippen LogP contribution in [-0.4, -0.2) is 48.3 Å². The van der Waals surface area contributed by atoms with Crippen LogP contribution in [0.1, 0.15) is 0 Å². The molecule has 4 heteroatoms. The van der Waals surface area contributed by atoms with E-state index in [4.69, 9.17) is 0 Å². The number of carbonyl (C=O) groups is 2. The first-order chi connectivity index (χ1) is 6.16. The van der Waals surface area contributed by atoms with E-state index in [0.717, 1.165) is 13.1 Å². The predicted octanol–water partition coefficient (Wildman–Crippen LogP) is -0.527. The van der Waals surface area contributed by atoms with Crippen molar-refractivity contribution >= 4 is 11.8 Å². The molecule has 0 aromatic rings. The monoisotopic (exact) mass is 180 g/mol. The van der Waals surface area contributed by atoms with Gasteiger partial charge in [-0.05, 0) is 7.05 Å². The lowest BCUT2D eigenvalue weighted by molar-refractivity contribution is -0.138. The second-order valence-electron chi connectivity index (χ2n) is 3.71. The van der Waals surface area contributed by atoms with E-state index >= 15 is 0 Å². The Hall–Kier alpha value is -1.16.